The van der Waals surface area contributed by atoms with E-state index in [1.807, 2.05) is 0 Å². The smallest absolute Gasteiger partial charge is 0.0671 e. The third kappa shape index (κ3) is 6.23. The van der Waals surface area contributed by atoms with Crippen LogP contribution in [-0.2, 0) is 4.74 Å². The number of rotatable bonds is 7. The zero-order valence-electron chi connectivity index (χ0n) is 11.9. The van der Waals surface area contributed by atoms with Crippen LogP contribution in [-0.4, -0.2) is 25.8 Å². The topological polar surface area (TPSA) is 21.3 Å². The lowest BCUT2D eigenvalue weighted by molar-refractivity contribution is 0.0267. The number of nitrogens with one attached hydrogen (secondary N) is 1. The van der Waals surface area contributed by atoms with Crippen molar-refractivity contribution in [1.82, 2.24) is 5.32 Å². The van der Waals surface area contributed by atoms with E-state index in [4.69, 9.17) is 4.74 Å². The van der Waals surface area contributed by atoms with Crippen LogP contribution in [0.2, 0.25) is 0 Å². The molecule has 3 unspecified atom stereocenters. The molecule has 0 heterocycles. The van der Waals surface area contributed by atoms with E-state index >= 15 is 0 Å². The summed E-state index contributed by atoms with van der Waals surface area (Å²) < 4.78 is 5.94. The van der Waals surface area contributed by atoms with Crippen LogP contribution in [0.3, 0.4) is 0 Å². The Morgan fingerprint density at radius 2 is 1.88 bits per heavy atom. The van der Waals surface area contributed by atoms with Gasteiger partial charge in [-0.15, -0.1) is 0 Å². The van der Waals surface area contributed by atoms with Crippen LogP contribution in [0.15, 0.2) is 12.2 Å². The summed E-state index contributed by atoms with van der Waals surface area (Å²) in [5.41, 5.74) is 0. The van der Waals surface area contributed by atoms with Gasteiger partial charge in [-0.3, -0.25) is 0 Å². The zero-order chi connectivity index (χ0) is 12.7. The fourth-order valence-electron chi connectivity index (χ4n) is 2.16. The van der Waals surface area contributed by atoms with Crippen molar-refractivity contribution in [3.8, 4) is 0 Å². The van der Waals surface area contributed by atoms with E-state index in [1.54, 1.807) is 0 Å². The Bertz CT molecular complexity index is 225. The summed E-state index contributed by atoms with van der Waals surface area (Å²) in [6.07, 6.45) is 7.33. The van der Waals surface area contributed by atoms with Gasteiger partial charge in [-0.2, -0.15) is 0 Å². The molecule has 0 amide bonds. The van der Waals surface area contributed by atoms with Gasteiger partial charge in [-0.05, 0) is 44.1 Å². The average Bonchev–Trinajstić information content (AvgIpc) is 2.27. The maximum atomic E-state index is 5.94. The summed E-state index contributed by atoms with van der Waals surface area (Å²) in [6.45, 7) is 11.9. The molecular weight excluding hydrogens is 210 g/mol. The van der Waals surface area contributed by atoms with Crippen molar-refractivity contribution in [3.63, 3.8) is 0 Å². The second kappa shape index (κ2) is 7.88. The van der Waals surface area contributed by atoms with Crippen LogP contribution >= 0.6 is 0 Å². The quantitative estimate of drug-likeness (QED) is 0.689. The standard InChI is InChI=1S/C15H29NO/c1-12(2)9-16-10-14(4)17-11-15-8-6-5-7-13(15)3/h5-6,12-16H,7-11H2,1-4H3. The second-order valence-electron chi connectivity index (χ2n) is 5.88. The highest BCUT2D eigenvalue weighted by atomic mass is 16.5. The molecule has 1 aliphatic rings. The largest absolute Gasteiger partial charge is 0.377 e. The number of allylic oxidation sites excluding steroid dienone is 2. The Morgan fingerprint density at radius 3 is 2.53 bits per heavy atom. The van der Waals surface area contributed by atoms with E-state index in [2.05, 4.69) is 45.2 Å². The summed E-state index contributed by atoms with van der Waals surface area (Å²) >= 11 is 0. The highest BCUT2D eigenvalue weighted by molar-refractivity contribution is 4.93. The molecule has 0 radical (unpaired) electrons. The average molecular weight is 239 g/mol. The fraction of sp³-hybridized carbons (Fsp3) is 0.867. The Morgan fingerprint density at radius 1 is 1.18 bits per heavy atom. The van der Waals surface area contributed by atoms with E-state index in [-0.39, 0.29) is 0 Å². The monoisotopic (exact) mass is 239 g/mol. The minimum atomic E-state index is 0.326. The molecular formula is C15H29NO. The minimum absolute atomic E-state index is 0.326. The lowest BCUT2D eigenvalue weighted by atomic mass is 9.85. The fourth-order valence-corrected chi connectivity index (χ4v) is 2.16. The van der Waals surface area contributed by atoms with Crippen LogP contribution < -0.4 is 5.32 Å². The molecule has 0 bridgehead atoms. The molecule has 100 valence electrons. The van der Waals surface area contributed by atoms with Crippen molar-refractivity contribution in [2.45, 2.75) is 46.6 Å². The molecule has 2 heteroatoms. The van der Waals surface area contributed by atoms with Crippen LogP contribution in [0.4, 0.5) is 0 Å². The molecule has 0 spiro atoms. The molecule has 0 fully saturated rings. The van der Waals surface area contributed by atoms with Crippen molar-refractivity contribution in [2.75, 3.05) is 19.7 Å². The summed E-state index contributed by atoms with van der Waals surface area (Å²) in [5.74, 6) is 2.20. The van der Waals surface area contributed by atoms with Gasteiger partial charge in [-0.1, -0.05) is 32.9 Å². The first-order valence-electron chi connectivity index (χ1n) is 7.07. The van der Waals surface area contributed by atoms with Gasteiger partial charge in [0.1, 0.15) is 0 Å². The molecule has 17 heavy (non-hydrogen) atoms. The lowest BCUT2D eigenvalue weighted by Gasteiger charge is -2.26. The van der Waals surface area contributed by atoms with Gasteiger partial charge in [0.15, 0.2) is 0 Å². The summed E-state index contributed by atoms with van der Waals surface area (Å²) in [4.78, 5) is 0. The molecule has 0 aliphatic heterocycles. The SMILES string of the molecule is CC(C)CNCC(C)OCC1CC=CCC1C. The van der Waals surface area contributed by atoms with E-state index in [0.717, 1.165) is 25.6 Å². The number of hydrogen-bond acceptors (Lipinski definition) is 2. The maximum absolute atomic E-state index is 5.94. The number of ether oxygens (including phenoxy) is 1. The molecule has 0 saturated heterocycles. The van der Waals surface area contributed by atoms with Gasteiger partial charge in [0.05, 0.1) is 12.7 Å². The molecule has 0 aromatic carbocycles. The first-order chi connectivity index (χ1) is 8.09. The first-order valence-corrected chi connectivity index (χ1v) is 7.07. The van der Waals surface area contributed by atoms with Gasteiger partial charge < -0.3 is 10.1 Å². The second-order valence-corrected chi connectivity index (χ2v) is 5.88. The molecule has 0 aromatic heterocycles. The van der Waals surface area contributed by atoms with Crippen LogP contribution in [0.25, 0.3) is 0 Å². The highest BCUT2D eigenvalue weighted by Crippen LogP contribution is 2.25. The van der Waals surface area contributed by atoms with Gasteiger partial charge in [-0.25, -0.2) is 0 Å². The Hall–Kier alpha value is -0.340. The molecule has 0 saturated carbocycles. The van der Waals surface area contributed by atoms with E-state index in [9.17, 15) is 0 Å². The molecule has 2 nitrogen and oxygen atoms in total. The van der Waals surface area contributed by atoms with Gasteiger partial charge in [0, 0.05) is 6.54 Å². The van der Waals surface area contributed by atoms with Crippen molar-refractivity contribution in [1.29, 1.82) is 0 Å². The van der Waals surface area contributed by atoms with Crippen molar-refractivity contribution in [2.24, 2.45) is 17.8 Å². The maximum Gasteiger partial charge on any atom is 0.0671 e. The molecule has 0 aromatic rings. The Kier molecular flexibility index (Phi) is 6.83. The normalized spacial score (nSPS) is 26.4. The van der Waals surface area contributed by atoms with Crippen molar-refractivity contribution in [3.05, 3.63) is 12.2 Å². The third-order valence-corrected chi connectivity index (χ3v) is 3.50. The van der Waals surface area contributed by atoms with E-state index in [0.29, 0.717) is 17.9 Å². The van der Waals surface area contributed by atoms with Gasteiger partial charge >= 0.3 is 0 Å². The molecule has 3 atom stereocenters. The van der Waals surface area contributed by atoms with Crippen LogP contribution in [0.5, 0.6) is 0 Å². The molecule has 1 rings (SSSR count). The lowest BCUT2D eigenvalue weighted by Crippen LogP contribution is -2.31. The highest BCUT2D eigenvalue weighted by Gasteiger charge is 2.19. The molecule has 1 N–H and O–H groups in total. The summed E-state index contributed by atoms with van der Waals surface area (Å²) in [5, 5.41) is 3.44. The summed E-state index contributed by atoms with van der Waals surface area (Å²) in [6, 6.07) is 0. The van der Waals surface area contributed by atoms with Gasteiger partial charge in [0.25, 0.3) is 0 Å². The third-order valence-electron chi connectivity index (χ3n) is 3.50. The zero-order valence-corrected chi connectivity index (χ0v) is 11.9. The number of hydrogen-bond donors (Lipinski definition) is 1. The minimum Gasteiger partial charge on any atom is -0.377 e. The Labute approximate surface area is 107 Å². The van der Waals surface area contributed by atoms with Crippen molar-refractivity contribution < 1.29 is 4.74 Å². The molecule has 1 aliphatic carbocycles. The van der Waals surface area contributed by atoms with Crippen LogP contribution in [0.1, 0.15) is 40.5 Å². The first kappa shape index (κ1) is 14.7. The van der Waals surface area contributed by atoms with Crippen molar-refractivity contribution >= 4 is 0 Å². The predicted molar refractivity (Wildman–Crippen MR) is 74.1 cm³/mol. The van der Waals surface area contributed by atoms with E-state index < -0.39 is 0 Å². The van der Waals surface area contributed by atoms with Gasteiger partial charge in [0.2, 0.25) is 0 Å². The Balaban J connectivity index is 2.10. The summed E-state index contributed by atoms with van der Waals surface area (Å²) in [7, 11) is 0. The predicted octanol–water partition coefficient (Wildman–Crippen LogP) is 3.24. The van der Waals surface area contributed by atoms with Crippen LogP contribution in [0, 0.1) is 17.8 Å². The van der Waals surface area contributed by atoms with E-state index in [1.165, 1.54) is 12.8 Å².